The number of hydrogen-bond acceptors (Lipinski definition) is 4. The maximum atomic E-state index is 13.0. The van der Waals surface area contributed by atoms with Crippen molar-refractivity contribution >= 4 is 21.6 Å². The lowest BCUT2D eigenvalue weighted by Crippen LogP contribution is -2.48. The first-order chi connectivity index (χ1) is 11.3. The quantitative estimate of drug-likeness (QED) is 0.833. The first-order valence-corrected chi connectivity index (χ1v) is 9.79. The molecule has 6 nitrogen and oxygen atoms in total. The number of carbonyl (C=O) groups is 1. The summed E-state index contributed by atoms with van der Waals surface area (Å²) in [4.78, 5) is 13.9. The minimum Gasteiger partial charge on any atom is -0.373 e. The molecule has 1 aromatic rings. The normalized spacial score (nSPS) is 26.1. The Kier molecular flexibility index (Phi) is 4.68. The Morgan fingerprint density at radius 3 is 2.38 bits per heavy atom. The Balaban J connectivity index is 1.89. The molecule has 7 heteroatoms. The van der Waals surface area contributed by atoms with Crippen molar-refractivity contribution < 1.29 is 17.9 Å². The van der Waals surface area contributed by atoms with Gasteiger partial charge >= 0.3 is 0 Å². The van der Waals surface area contributed by atoms with E-state index in [9.17, 15) is 13.2 Å². The van der Waals surface area contributed by atoms with Gasteiger partial charge in [0.1, 0.15) is 0 Å². The van der Waals surface area contributed by atoms with E-state index in [1.807, 2.05) is 13.8 Å². The number of morpholine rings is 1. The van der Waals surface area contributed by atoms with Crippen LogP contribution in [-0.4, -0.2) is 50.5 Å². The maximum absolute atomic E-state index is 13.0. The van der Waals surface area contributed by atoms with Crippen LogP contribution in [0.1, 0.15) is 32.3 Å². The number of sulfonamides is 1. The number of aryl methyl sites for hydroxylation is 1. The number of nitrogens with zero attached hydrogens (tertiary/aromatic N) is 2. The fraction of sp³-hybridized carbons (Fsp3) is 0.588. The molecule has 0 aromatic heterocycles. The van der Waals surface area contributed by atoms with E-state index in [0.717, 1.165) is 12.1 Å². The van der Waals surface area contributed by atoms with E-state index in [1.165, 1.54) is 4.31 Å². The van der Waals surface area contributed by atoms with Gasteiger partial charge in [-0.25, -0.2) is 8.42 Å². The number of carbonyl (C=O) groups excluding carboxylic acids is 1. The summed E-state index contributed by atoms with van der Waals surface area (Å²) in [5, 5.41) is 0. The number of benzene rings is 1. The molecule has 24 heavy (non-hydrogen) atoms. The second-order valence-corrected chi connectivity index (χ2v) is 8.58. The highest BCUT2D eigenvalue weighted by atomic mass is 32.2. The van der Waals surface area contributed by atoms with Gasteiger partial charge in [-0.05, 0) is 51.0 Å². The van der Waals surface area contributed by atoms with Crippen molar-refractivity contribution in [3.05, 3.63) is 23.8 Å². The lowest BCUT2D eigenvalue weighted by molar-refractivity contribution is -0.117. The molecular formula is C17H24N2O4S. The lowest BCUT2D eigenvalue weighted by atomic mass is 10.2. The van der Waals surface area contributed by atoms with Gasteiger partial charge in [-0.2, -0.15) is 4.31 Å². The number of rotatable bonds is 3. The fourth-order valence-electron chi connectivity index (χ4n) is 3.48. The summed E-state index contributed by atoms with van der Waals surface area (Å²) in [6.07, 6.45) is 1.17. The Labute approximate surface area is 143 Å². The van der Waals surface area contributed by atoms with Gasteiger partial charge in [0, 0.05) is 31.7 Å². The van der Waals surface area contributed by atoms with Crippen molar-refractivity contribution in [2.24, 2.45) is 0 Å². The molecule has 1 aromatic carbocycles. The molecule has 3 rings (SSSR count). The second kappa shape index (κ2) is 6.46. The minimum atomic E-state index is -3.56. The molecular weight excluding hydrogens is 328 g/mol. The summed E-state index contributed by atoms with van der Waals surface area (Å²) >= 11 is 0. The van der Waals surface area contributed by atoms with Gasteiger partial charge in [-0.15, -0.1) is 0 Å². The van der Waals surface area contributed by atoms with Crippen LogP contribution >= 0.6 is 0 Å². The zero-order valence-corrected chi connectivity index (χ0v) is 15.2. The van der Waals surface area contributed by atoms with Crippen LogP contribution in [0.2, 0.25) is 0 Å². The van der Waals surface area contributed by atoms with Crippen LogP contribution in [0.4, 0.5) is 5.69 Å². The van der Waals surface area contributed by atoms with Crippen molar-refractivity contribution in [3.8, 4) is 0 Å². The van der Waals surface area contributed by atoms with E-state index in [1.54, 1.807) is 30.0 Å². The van der Waals surface area contributed by atoms with Crippen molar-refractivity contribution in [2.45, 2.75) is 50.7 Å². The molecule has 2 aliphatic rings. The minimum absolute atomic E-state index is 0.0980. The van der Waals surface area contributed by atoms with E-state index >= 15 is 0 Å². The molecule has 2 fully saturated rings. The van der Waals surface area contributed by atoms with E-state index in [-0.39, 0.29) is 18.1 Å². The molecule has 2 saturated heterocycles. The average Bonchev–Trinajstić information content (AvgIpc) is 2.92. The van der Waals surface area contributed by atoms with Gasteiger partial charge in [0.2, 0.25) is 15.9 Å². The summed E-state index contributed by atoms with van der Waals surface area (Å²) in [5.41, 5.74) is 1.44. The molecule has 0 spiro atoms. The zero-order valence-electron chi connectivity index (χ0n) is 14.4. The average molecular weight is 352 g/mol. The summed E-state index contributed by atoms with van der Waals surface area (Å²) < 4.78 is 33.1. The molecule has 2 unspecified atom stereocenters. The second-order valence-electron chi connectivity index (χ2n) is 6.68. The summed E-state index contributed by atoms with van der Waals surface area (Å²) in [6, 6.07) is 5.15. The summed E-state index contributed by atoms with van der Waals surface area (Å²) in [6.45, 7) is 6.96. The predicted octanol–water partition coefficient (Wildman–Crippen LogP) is 1.92. The van der Waals surface area contributed by atoms with Gasteiger partial charge in [0.15, 0.2) is 0 Å². The highest BCUT2D eigenvalue weighted by Crippen LogP contribution is 2.28. The molecule has 2 heterocycles. The monoisotopic (exact) mass is 352 g/mol. The number of amides is 1. The third-order valence-electron chi connectivity index (χ3n) is 4.55. The Bertz CT molecular complexity index is 737. The highest BCUT2D eigenvalue weighted by Gasteiger charge is 2.33. The van der Waals surface area contributed by atoms with Crippen molar-refractivity contribution in [2.75, 3.05) is 24.5 Å². The van der Waals surface area contributed by atoms with Gasteiger partial charge in [-0.1, -0.05) is 0 Å². The number of hydrogen-bond donors (Lipinski definition) is 0. The Morgan fingerprint density at radius 1 is 1.17 bits per heavy atom. The SMILES string of the molecule is Cc1cc(N2CCCC2=O)ccc1S(=O)(=O)N1CC(C)OC(C)C1. The zero-order chi connectivity index (χ0) is 17.5. The van der Waals surface area contributed by atoms with E-state index in [4.69, 9.17) is 4.74 Å². The molecule has 0 saturated carbocycles. The van der Waals surface area contributed by atoms with Crippen LogP contribution in [-0.2, 0) is 19.6 Å². The largest absolute Gasteiger partial charge is 0.373 e. The van der Waals surface area contributed by atoms with Crippen LogP contribution in [0.3, 0.4) is 0 Å². The molecule has 2 atom stereocenters. The van der Waals surface area contributed by atoms with Crippen molar-refractivity contribution in [3.63, 3.8) is 0 Å². The topological polar surface area (TPSA) is 66.9 Å². The van der Waals surface area contributed by atoms with E-state index in [2.05, 4.69) is 0 Å². The van der Waals surface area contributed by atoms with Crippen molar-refractivity contribution in [1.29, 1.82) is 0 Å². The Hall–Kier alpha value is -1.44. The van der Waals surface area contributed by atoms with E-state index < -0.39 is 10.0 Å². The molecule has 0 aliphatic carbocycles. The Morgan fingerprint density at radius 2 is 1.83 bits per heavy atom. The first kappa shape index (κ1) is 17.4. The van der Waals surface area contributed by atoms with Gasteiger partial charge in [0.05, 0.1) is 17.1 Å². The maximum Gasteiger partial charge on any atom is 0.243 e. The lowest BCUT2D eigenvalue weighted by Gasteiger charge is -2.34. The molecule has 0 bridgehead atoms. The van der Waals surface area contributed by atoms with Gasteiger partial charge in [-0.3, -0.25) is 4.79 Å². The van der Waals surface area contributed by atoms with Gasteiger partial charge < -0.3 is 9.64 Å². The van der Waals surface area contributed by atoms with Crippen LogP contribution in [0.5, 0.6) is 0 Å². The van der Waals surface area contributed by atoms with Crippen LogP contribution in [0.15, 0.2) is 23.1 Å². The molecule has 0 N–H and O–H groups in total. The molecule has 0 radical (unpaired) electrons. The third-order valence-corrected chi connectivity index (χ3v) is 6.54. The fourth-order valence-corrected chi connectivity index (χ4v) is 5.27. The standard InChI is InChI=1S/C17H24N2O4S/c1-12-9-15(19-8-4-5-17(19)20)6-7-16(12)24(21,22)18-10-13(2)23-14(3)11-18/h6-7,9,13-14H,4-5,8,10-11H2,1-3H3. The smallest absolute Gasteiger partial charge is 0.243 e. The van der Waals surface area contributed by atoms with Crippen molar-refractivity contribution in [1.82, 2.24) is 4.31 Å². The van der Waals surface area contributed by atoms with Crippen LogP contribution in [0, 0.1) is 6.92 Å². The molecule has 2 aliphatic heterocycles. The number of anilines is 1. The molecule has 1 amide bonds. The number of ether oxygens (including phenoxy) is 1. The van der Waals surface area contributed by atoms with E-state index in [0.29, 0.717) is 36.5 Å². The highest BCUT2D eigenvalue weighted by molar-refractivity contribution is 7.89. The summed E-state index contributed by atoms with van der Waals surface area (Å²) in [5.74, 6) is 0.0980. The van der Waals surface area contributed by atoms with Crippen LogP contribution < -0.4 is 4.90 Å². The van der Waals surface area contributed by atoms with Gasteiger partial charge in [0.25, 0.3) is 0 Å². The van der Waals surface area contributed by atoms with Crippen LogP contribution in [0.25, 0.3) is 0 Å². The summed E-state index contributed by atoms with van der Waals surface area (Å²) in [7, 11) is -3.56. The molecule has 132 valence electrons. The third kappa shape index (κ3) is 3.20. The first-order valence-electron chi connectivity index (χ1n) is 8.35. The predicted molar refractivity (Wildman–Crippen MR) is 91.5 cm³/mol.